The van der Waals surface area contributed by atoms with Crippen LogP contribution in [0.3, 0.4) is 0 Å². The van der Waals surface area contributed by atoms with Crippen molar-refractivity contribution in [3.63, 3.8) is 0 Å². The molecule has 0 atom stereocenters. The van der Waals surface area contributed by atoms with Gasteiger partial charge in [0.15, 0.2) is 11.5 Å². The number of rotatable bonds is 7. The van der Waals surface area contributed by atoms with E-state index in [1.165, 1.54) is 21.3 Å². The molecular weight excluding hydrogens is 370 g/mol. The fourth-order valence-electron chi connectivity index (χ4n) is 2.84. The molecule has 0 saturated heterocycles. The van der Waals surface area contributed by atoms with Crippen LogP contribution in [0.1, 0.15) is 15.9 Å². The van der Waals surface area contributed by atoms with Crippen molar-refractivity contribution in [3.05, 3.63) is 71.8 Å². The second kappa shape index (κ2) is 9.01. The Balaban J connectivity index is 1.74. The largest absolute Gasteiger partial charge is 0.493 e. The second-order valence-electron chi connectivity index (χ2n) is 6.31. The van der Waals surface area contributed by atoms with Crippen LogP contribution in [0.5, 0.6) is 28.7 Å². The summed E-state index contributed by atoms with van der Waals surface area (Å²) in [4.78, 5) is 12.7. The zero-order valence-electron chi connectivity index (χ0n) is 16.8. The molecule has 0 aliphatic carbocycles. The molecule has 0 radical (unpaired) electrons. The number of benzene rings is 3. The molecule has 0 saturated carbocycles. The summed E-state index contributed by atoms with van der Waals surface area (Å²) in [5, 5.41) is 2.85. The van der Waals surface area contributed by atoms with E-state index in [-0.39, 0.29) is 5.91 Å². The molecule has 3 rings (SSSR count). The van der Waals surface area contributed by atoms with Gasteiger partial charge in [0.25, 0.3) is 5.91 Å². The predicted molar refractivity (Wildman–Crippen MR) is 112 cm³/mol. The molecule has 0 aromatic heterocycles. The first-order chi connectivity index (χ1) is 14.0. The Morgan fingerprint density at radius 2 is 1.45 bits per heavy atom. The quantitative estimate of drug-likeness (QED) is 0.607. The monoisotopic (exact) mass is 393 g/mol. The molecule has 0 aliphatic rings. The molecule has 0 unspecified atom stereocenters. The van der Waals surface area contributed by atoms with Gasteiger partial charge in [-0.15, -0.1) is 0 Å². The lowest BCUT2D eigenvalue weighted by molar-refractivity contribution is 0.102. The summed E-state index contributed by atoms with van der Waals surface area (Å²) in [5.74, 6) is 2.42. The van der Waals surface area contributed by atoms with Crippen molar-refractivity contribution in [3.8, 4) is 28.7 Å². The van der Waals surface area contributed by atoms with Gasteiger partial charge in [0, 0.05) is 11.3 Å². The standard InChI is InChI=1S/C23H23NO5/c1-15-6-5-7-19(12-15)29-18-10-8-17(9-11-18)24-23(25)16-13-20(26-2)22(28-4)21(14-16)27-3/h5-14H,1-4H3,(H,24,25). The van der Waals surface area contributed by atoms with Gasteiger partial charge < -0.3 is 24.3 Å². The molecule has 1 amide bonds. The van der Waals surface area contributed by atoms with Crippen molar-refractivity contribution in [2.75, 3.05) is 26.6 Å². The second-order valence-corrected chi connectivity index (χ2v) is 6.31. The van der Waals surface area contributed by atoms with Crippen LogP contribution in [0, 0.1) is 6.92 Å². The minimum absolute atomic E-state index is 0.295. The molecule has 150 valence electrons. The summed E-state index contributed by atoms with van der Waals surface area (Å²) >= 11 is 0. The SMILES string of the molecule is COc1cc(C(=O)Nc2ccc(Oc3cccc(C)c3)cc2)cc(OC)c1OC. The Hall–Kier alpha value is -3.67. The number of aryl methyl sites for hydroxylation is 1. The fourth-order valence-corrected chi connectivity index (χ4v) is 2.84. The van der Waals surface area contributed by atoms with E-state index in [0.29, 0.717) is 34.2 Å². The summed E-state index contributed by atoms with van der Waals surface area (Å²) in [6.45, 7) is 2.01. The highest BCUT2D eigenvalue weighted by atomic mass is 16.5. The number of ether oxygens (including phenoxy) is 4. The van der Waals surface area contributed by atoms with E-state index in [4.69, 9.17) is 18.9 Å². The summed E-state index contributed by atoms with van der Waals surface area (Å²) < 4.78 is 21.7. The number of amides is 1. The fraction of sp³-hybridized carbons (Fsp3) is 0.174. The van der Waals surface area contributed by atoms with E-state index in [0.717, 1.165) is 11.3 Å². The van der Waals surface area contributed by atoms with Gasteiger partial charge in [0.2, 0.25) is 5.75 Å². The van der Waals surface area contributed by atoms with Crippen LogP contribution < -0.4 is 24.3 Å². The van der Waals surface area contributed by atoms with E-state index in [2.05, 4.69) is 5.32 Å². The Labute approximate surface area is 170 Å². The van der Waals surface area contributed by atoms with Crippen molar-refractivity contribution < 1.29 is 23.7 Å². The molecule has 3 aromatic carbocycles. The van der Waals surface area contributed by atoms with Crippen molar-refractivity contribution >= 4 is 11.6 Å². The maximum absolute atomic E-state index is 12.7. The average molecular weight is 393 g/mol. The third-order valence-corrected chi connectivity index (χ3v) is 4.26. The minimum Gasteiger partial charge on any atom is -0.493 e. The molecule has 0 fully saturated rings. The number of hydrogen-bond acceptors (Lipinski definition) is 5. The van der Waals surface area contributed by atoms with Crippen molar-refractivity contribution in [2.24, 2.45) is 0 Å². The first kappa shape index (κ1) is 20.1. The molecule has 0 heterocycles. The van der Waals surface area contributed by atoms with Crippen LogP contribution in [0.4, 0.5) is 5.69 Å². The zero-order chi connectivity index (χ0) is 20.8. The summed E-state index contributed by atoms with van der Waals surface area (Å²) in [5.41, 5.74) is 2.15. The van der Waals surface area contributed by atoms with E-state index < -0.39 is 0 Å². The number of methoxy groups -OCH3 is 3. The molecular formula is C23H23NO5. The maximum Gasteiger partial charge on any atom is 0.255 e. The summed E-state index contributed by atoms with van der Waals surface area (Å²) in [7, 11) is 4.53. The van der Waals surface area contributed by atoms with Gasteiger partial charge in [-0.2, -0.15) is 0 Å². The molecule has 0 spiro atoms. The Bertz CT molecular complexity index is 973. The van der Waals surface area contributed by atoms with Gasteiger partial charge in [-0.1, -0.05) is 12.1 Å². The molecule has 6 heteroatoms. The van der Waals surface area contributed by atoms with Gasteiger partial charge in [-0.25, -0.2) is 0 Å². The predicted octanol–water partition coefficient (Wildman–Crippen LogP) is 5.07. The molecule has 1 N–H and O–H groups in total. The Morgan fingerprint density at radius 3 is 2.00 bits per heavy atom. The molecule has 3 aromatic rings. The number of carbonyl (C=O) groups excluding carboxylic acids is 1. The van der Waals surface area contributed by atoms with E-state index in [1.54, 1.807) is 36.4 Å². The Morgan fingerprint density at radius 1 is 0.793 bits per heavy atom. The zero-order valence-corrected chi connectivity index (χ0v) is 16.8. The minimum atomic E-state index is -0.295. The van der Waals surface area contributed by atoms with E-state index in [9.17, 15) is 4.79 Å². The first-order valence-corrected chi connectivity index (χ1v) is 9.00. The van der Waals surface area contributed by atoms with Crippen molar-refractivity contribution in [1.82, 2.24) is 0 Å². The lowest BCUT2D eigenvalue weighted by Crippen LogP contribution is -2.12. The summed E-state index contributed by atoms with van der Waals surface area (Å²) in [6.07, 6.45) is 0. The van der Waals surface area contributed by atoms with Gasteiger partial charge in [0.05, 0.1) is 21.3 Å². The number of hydrogen-bond donors (Lipinski definition) is 1. The molecule has 6 nitrogen and oxygen atoms in total. The lowest BCUT2D eigenvalue weighted by atomic mass is 10.1. The Kier molecular flexibility index (Phi) is 6.24. The number of nitrogens with one attached hydrogen (secondary N) is 1. The molecule has 0 aliphatic heterocycles. The van der Waals surface area contributed by atoms with E-state index >= 15 is 0 Å². The van der Waals surface area contributed by atoms with Gasteiger partial charge in [-0.05, 0) is 61.0 Å². The molecule has 29 heavy (non-hydrogen) atoms. The van der Waals surface area contributed by atoms with Crippen LogP contribution in [-0.2, 0) is 0 Å². The molecule has 0 bridgehead atoms. The van der Waals surface area contributed by atoms with Gasteiger partial charge >= 0.3 is 0 Å². The smallest absolute Gasteiger partial charge is 0.255 e. The van der Waals surface area contributed by atoms with Crippen LogP contribution in [-0.4, -0.2) is 27.2 Å². The third-order valence-electron chi connectivity index (χ3n) is 4.26. The highest BCUT2D eigenvalue weighted by molar-refractivity contribution is 6.05. The lowest BCUT2D eigenvalue weighted by Gasteiger charge is -2.14. The normalized spacial score (nSPS) is 10.2. The highest BCUT2D eigenvalue weighted by Crippen LogP contribution is 2.38. The average Bonchev–Trinajstić information content (AvgIpc) is 2.74. The third kappa shape index (κ3) is 4.79. The highest BCUT2D eigenvalue weighted by Gasteiger charge is 2.17. The van der Waals surface area contributed by atoms with Gasteiger partial charge in [-0.3, -0.25) is 4.79 Å². The van der Waals surface area contributed by atoms with Crippen LogP contribution in [0.25, 0.3) is 0 Å². The number of anilines is 1. The number of carbonyl (C=O) groups is 1. The van der Waals surface area contributed by atoms with Crippen LogP contribution in [0.15, 0.2) is 60.7 Å². The van der Waals surface area contributed by atoms with E-state index in [1.807, 2.05) is 31.2 Å². The van der Waals surface area contributed by atoms with Crippen LogP contribution in [0.2, 0.25) is 0 Å². The van der Waals surface area contributed by atoms with Gasteiger partial charge in [0.1, 0.15) is 11.5 Å². The van der Waals surface area contributed by atoms with Crippen molar-refractivity contribution in [2.45, 2.75) is 6.92 Å². The maximum atomic E-state index is 12.7. The van der Waals surface area contributed by atoms with Crippen LogP contribution >= 0.6 is 0 Å². The topological polar surface area (TPSA) is 66.0 Å². The van der Waals surface area contributed by atoms with Crippen molar-refractivity contribution in [1.29, 1.82) is 0 Å². The summed E-state index contributed by atoms with van der Waals surface area (Å²) in [6, 6.07) is 18.2. The first-order valence-electron chi connectivity index (χ1n) is 9.00.